The molecular weight excluding hydrogens is 462 g/mol. The first-order valence-corrected chi connectivity index (χ1v) is 12.3. The number of carboxylic acids is 1. The molecule has 1 saturated heterocycles. The van der Waals surface area contributed by atoms with Gasteiger partial charge in [0.1, 0.15) is 6.04 Å². The third kappa shape index (κ3) is 5.88. The van der Waals surface area contributed by atoms with Crippen LogP contribution < -0.4 is 4.90 Å². The molecule has 1 aliphatic heterocycles. The van der Waals surface area contributed by atoms with E-state index in [-0.39, 0.29) is 11.8 Å². The van der Waals surface area contributed by atoms with Gasteiger partial charge in [-0.25, -0.2) is 0 Å². The summed E-state index contributed by atoms with van der Waals surface area (Å²) >= 11 is 6.23. The van der Waals surface area contributed by atoms with Crippen molar-refractivity contribution in [3.63, 3.8) is 0 Å². The topological polar surface area (TPSA) is 82.9 Å². The Hall–Kier alpha value is -3.25. The van der Waals surface area contributed by atoms with Crippen molar-refractivity contribution < 1.29 is 9.90 Å². The largest absolute Gasteiger partial charge is 0.481 e. The second-order valence-corrected chi connectivity index (χ2v) is 9.77. The summed E-state index contributed by atoms with van der Waals surface area (Å²) in [7, 11) is 0. The zero-order chi connectivity index (χ0) is 24.9. The highest BCUT2D eigenvalue weighted by atomic mass is 35.5. The van der Waals surface area contributed by atoms with E-state index >= 15 is 0 Å². The molecule has 6 nitrogen and oxygen atoms in total. The van der Waals surface area contributed by atoms with Gasteiger partial charge in [-0.05, 0) is 91.8 Å². The third-order valence-corrected chi connectivity index (χ3v) is 7.24. The first-order chi connectivity index (χ1) is 16.9. The van der Waals surface area contributed by atoms with E-state index in [2.05, 4.69) is 39.3 Å². The van der Waals surface area contributed by atoms with Crippen LogP contribution in [-0.4, -0.2) is 29.1 Å². The quantitative estimate of drug-likeness (QED) is 0.355. The van der Waals surface area contributed by atoms with E-state index in [0.717, 1.165) is 46.7 Å². The lowest BCUT2D eigenvalue weighted by Gasteiger charge is -2.32. The van der Waals surface area contributed by atoms with Crippen molar-refractivity contribution >= 4 is 23.3 Å². The van der Waals surface area contributed by atoms with Crippen molar-refractivity contribution in [2.75, 3.05) is 18.0 Å². The number of piperidine rings is 1. The van der Waals surface area contributed by atoms with Crippen LogP contribution in [0.2, 0.25) is 5.02 Å². The standard InChI is InChI=1S/C28H30ClN3O3/c1-18-15-23(29)5-8-25(18)26(17-27(31-35)22-9-12-30-19(2)16-22)20-3-6-24(7-4-20)32-13-10-21(11-14-32)28(33)34/h3-9,12,15-16,21,26-27H,10-11,13-14,17H2,1-2H3,(H,33,34)/t26-,27?/m1/s1. The van der Waals surface area contributed by atoms with Gasteiger partial charge in [-0.1, -0.05) is 35.0 Å². The number of nitroso groups, excluding NO2 is 1. The van der Waals surface area contributed by atoms with Crippen molar-refractivity contribution in [2.45, 2.75) is 45.1 Å². The van der Waals surface area contributed by atoms with Gasteiger partial charge in [-0.3, -0.25) is 9.78 Å². The smallest absolute Gasteiger partial charge is 0.306 e. The molecule has 2 atom stereocenters. The zero-order valence-electron chi connectivity index (χ0n) is 20.0. The first kappa shape index (κ1) is 24.9. The summed E-state index contributed by atoms with van der Waals surface area (Å²) in [5, 5.41) is 13.4. The van der Waals surface area contributed by atoms with Gasteiger partial charge >= 0.3 is 5.97 Å². The maximum absolute atomic E-state index is 11.9. The molecule has 4 rings (SSSR count). The van der Waals surface area contributed by atoms with Crippen molar-refractivity contribution in [3.05, 3.63) is 98.7 Å². The highest BCUT2D eigenvalue weighted by Gasteiger charge is 2.26. The zero-order valence-corrected chi connectivity index (χ0v) is 20.8. The van der Waals surface area contributed by atoms with Crippen LogP contribution >= 0.6 is 11.6 Å². The van der Waals surface area contributed by atoms with Crippen molar-refractivity contribution in [3.8, 4) is 0 Å². The SMILES string of the molecule is Cc1cc(C(C[C@H](c2ccc(N3CCC(C(=O)O)CC3)cc2)c2ccc(Cl)cc2C)N=O)ccn1. The fraction of sp³-hybridized carbons (Fsp3) is 0.357. The Morgan fingerprint density at radius 1 is 1.09 bits per heavy atom. The van der Waals surface area contributed by atoms with E-state index in [1.165, 1.54) is 0 Å². The molecule has 35 heavy (non-hydrogen) atoms. The highest BCUT2D eigenvalue weighted by Crippen LogP contribution is 2.38. The number of aromatic nitrogens is 1. The van der Waals surface area contributed by atoms with Gasteiger partial charge in [-0.2, -0.15) is 4.91 Å². The molecule has 3 aromatic rings. The van der Waals surface area contributed by atoms with Crippen LogP contribution in [0.3, 0.4) is 0 Å². The van der Waals surface area contributed by atoms with E-state index in [9.17, 15) is 14.8 Å². The predicted molar refractivity (Wildman–Crippen MR) is 139 cm³/mol. The molecule has 1 aliphatic rings. The molecule has 1 N–H and O–H groups in total. The molecule has 0 spiro atoms. The number of hydrogen-bond donors (Lipinski definition) is 1. The molecular formula is C28H30ClN3O3. The Kier molecular flexibility index (Phi) is 7.81. The summed E-state index contributed by atoms with van der Waals surface area (Å²) in [4.78, 5) is 29.7. The van der Waals surface area contributed by atoms with Gasteiger partial charge in [0, 0.05) is 41.6 Å². The lowest BCUT2D eigenvalue weighted by atomic mass is 9.82. The van der Waals surface area contributed by atoms with Gasteiger partial charge in [0.25, 0.3) is 0 Å². The fourth-order valence-corrected chi connectivity index (χ4v) is 5.24. The number of pyridine rings is 1. The minimum atomic E-state index is -0.705. The Morgan fingerprint density at radius 2 is 1.80 bits per heavy atom. The summed E-state index contributed by atoms with van der Waals surface area (Å²) in [6.45, 7) is 5.41. The van der Waals surface area contributed by atoms with Gasteiger partial charge in [-0.15, -0.1) is 0 Å². The number of carboxylic acid groups (broad SMARTS) is 1. The van der Waals surface area contributed by atoms with Gasteiger partial charge < -0.3 is 10.0 Å². The molecule has 7 heteroatoms. The minimum Gasteiger partial charge on any atom is -0.481 e. The Bertz CT molecular complexity index is 1190. The number of nitrogens with zero attached hydrogens (tertiary/aromatic N) is 3. The predicted octanol–water partition coefficient (Wildman–Crippen LogP) is 6.68. The van der Waals surface area contributed by atoms with Crippen LogP contribution in [0.1, 0.15) is 59.2 Å². The first-order valence-electron chi connectivity index (χ1n) is 11.9. The number of benzene rings is 2. The number of rotatable bonds is 8. The van der Waals surface area contributed by atoms with E-state index in [4.69, 9.17) is 11.6 Å². The molecule has 0 amide bonds. The maximum Gasteiger partial charge on any atom is 0.306 e. The molecule has 0 bridgehead atoms. The number of aryl methyl sites for hydroxylation is 2. The maximum atomic E-state index is 11.9. The average Bonchev–Trinajstić information content (AvgIpc) is 2.86. The van der Waals surface area contributed by atoms with Crippen LogP contribution in [-0.2, 0) is 4.79 Å². The Labute approximate surface area is 210 Å². The van der Waals surface area contributed by atoms with Crippen LogP contribution in [0.5, 0.6) is 0 Å². The summed E-state index contributed by atoms with van der Waals surface area (Å²) in [6, 6.07) is 17.5. The molecule has 1 aromatic heterocycles. The fourth-order valence-electron chi connectivity index (χ4n) is 5.01. The Balaban J connectivity index is 1.62. The third-order valence-electron chi connectivity index (χ3n) is 7.00. The van der Waals surface area contributed by atoms with Crippen molar-refractivity contribution in [1.82, 2.24) is 4.98 Å². The van der Waals surface area contributed by atoms with E-state index in [1.807, 2.05) is 44.2 Å². The van der Waals surface area contributed by atoms with Crippen molar-refractivity contribution in [1.29, 1.82) is 0 Å². The molecule has 0 saturated carbocycles. The van der Waals surface area contributed by atoms with E-state index < -0.39 is 12.0 Å². The van der Waals surface area contributed by atoms with E-state index in [1.54, 1.807) is 6.20 Å². The monoisotopic (exact) mass is 491 g/mol. The number of hydrogen-bond acceptors (Lipinski definition) is 5. The lowest BCUT2D eigenvalue weighted by Crippen LogP contribution is -2.36. The number of anilines is 1. The molecule has 0 aliphatic carbocycles. The molecule has 2 heterocycles. The second kappa shape index (κ2) is 11.0. The number of carbonyl (C=O) groups is 1. The second-order valence-electron chi connectivity index (χ2n) is 9.33. The van der Waals surface area contributed by atoms with Gasteiger partial charge in [0.15, 0.2) is 0 Å². The van der Waals surface area contributed by atoms with E-state index in [0.29, 0.717) is 24.3 Å². The molecule has 2 aromatic carbocycles. The van der Waals surface area contributed by atoms with Crippen LogP contribution in [0.25, 0.3) is 0 Å². The summed E-state index contributed by atoms with van der Waals surface area (Å²) in [5.74, 6) is -1.01. The van der Waals surface area contributed by atoms with Crippen LogP contribution in [0.15, 0.2) is 66.0 Å². The Morgan fingerprint density at radius 3 is 2.40 bits per heavy atom. The number of halogens is 1. The van der Waals surface area contributed by atoms with Gasteiger partial charge in [0.2, 0.25) is 0 Å². The number of aliphatic carboxylic acids is 1. The summed E-state index contributed by atoms with van der Waals surface area (Å²) in [6.07, 6.45) is 3.55. The minimum absolute atomic E-state index is 0.0461. The van der Waals surface area contributed by atoms with Crippen LogP contribution in [0, 0.1) is 24.7 Å². The average molecular weight is 492 g/mol. The normalized spacial score (nSPS) is 16.0. The molecule has 1 unspecified atom stereocenters. The molecule has 1 fully saturated rings. The molecule has 0 radical (unpaired) electrons. The lowest BCUT2D eigenvalue weighted by molar-refractivity contribution is -0.142. The van der Waals surface area contributed by atoms with Gasteiger partial charge in [0.05, 0.1) is 5.92 Å². The van der Waals surface area contributed by atoms with Crippen LogP contribution in [0.4, 0.5) is 5.69 Å². The highest BCUT2D eigenvalue weighted by molar-refractivity contribution is 6.30. The molecule has 182 valence electrons. The van der Waals surface area contributed by atoms with Crippen molar-refractivity contribution in [2.24, 2.45) is 11.1 Å². The summed E-state index contributed by atoms with van der Waals surface area (Å²) in [5.41, 5.74) is 6.08. The summed E-state index contributed by atoms with van der Waals surface area (Å²) < 4.78 is 0.